The van der Waals surface area contributed by atoms with Crippen molar-refractivity contribution in [3.63, 3.8) is 0 Å². The van der Waals surface area contributed by atoms with Crippen molar-refractivity contribution in [1.82, 2.24) is 10.2 Å². The Bertz CT molecular complexity index is 769. The summed E-state index contributed by atoms with van der Waals surface area (Å²) in [5, 5.41) is 15.8. The third-order valence-electron chi connectivity index (χ3n) is 2.41. The first kappa shape index (κ1) is 14.1. The summed E-state index contributed by atoms with van der Waals surface area (Å²) in [6, 6.07) is 2.53. The monoisotopic (exact) mass is 300 g/mol. The van der Waals surface area contributed by atoms with Crippen molar-refractivity contribution in [1.29, 1.82) is 0 Å². The van der Waals surface area contributed by atoms with Crippen LogP contribution in [0.25, 0.3) is 0 Å². The molecule has 0 unspecified atom stereocenters. The van der Waals surface area contributed by atoms with Gasteiger partial charge < -0.3 is 9.52 Å². The van der Waals surface area contributed by atoms with E-state index in [1.807, 2.05) is 0 Å². The van der Waals surface area contributed by atoms with E-state index in [9.17, 15) is 17.6 Å². The number of sulfone groups is 1. The van der Waals surface area contributed by atoms with Crippen molar-refractivity contribution >= 4 is 15.8 Å². The predicted molar refractivity (Wildman–Crippen MR) is 63.3 cm³/mol. The van der Waals surface area contributed by atoms with E-state index in [4.69, 9.17) is 9.52 Å². The number of aromatic carboxylic acids is 1. The van der Waals surface area contributed by atoms with E-state index in [0.717, 1.165) is 18.2 Å². The highest BCUT2D eigenvalue weighted by molar-refractivity contribution is 7.90. The number of carboxylic acids is 1. The number of nitrogens with zero attached hydrogens (tertiary/aromatic N) is 2. The van der Waals surface area contributed by atoms with Gasteiger partial charge in [0.2, 0.25) is 11.8 Å². The molecule has 106 valence electrons. The standard InChI is InChI=1S/C11H9FN2O5S/c1-6-13-14-10(19-6)5-20(17,18)7-2-3-9(12)8(4-7)11(15)16/h2-4H,5H2,1H3,(H,15,16). The first-order valence-corrected chi connectivity index (χ1v) is 6.99. The Labute approximate surface area is 113 Å². The van der Waals surface area contributed by atoms with Crippen LogP contribution < -0.4 is 0 Å². The summed E-state index contributed by atoms with van der Waals surface area (Å²) in [6.07, 6.45) is 0. The highest BCUT2D eigenvalue weighted by Gasteiger charge is 2.22. The minimum absolute atomic E-state index is 0.122. The largest absolute Gasteiger partial charge is 0.478 e. The van der Waals surface area contributed by atoms with Crippen LogP contribution in [-0.2, 0) is 15.6 Å². The van der Waals surface area contributed by atoms with Gasteiger partial charge in [0.1, 0.15) is 11.6 Å². The van der Waals surface area contributed by atoms with Crippen LogP contribution >= 0.6 is 0 Å². The molecule has 0 spiro atoms. The molecular formula is C11H9FN2O5S. The molecule has 1 aromatic carbocycles. The molecule has 0 saturated carbocycles. The molecule has 1 heterocycles. The van der Waals surface area contributed by atoms with Crippen LogP contribution in [0.5, 0.6) is 0 Å². The lowest BCUT2D eigenvalue weighted by molar-refractivity contribution is 0.0691. The van der Waals surface area contributed by atoms with E-state index in [0.29, 0.717) is 0 Å². The van der Waals surface area contributed by atoms with E-state index in [1.54, 1.807) is 0 Å². The fourth-order valence-electron chi connectivity index (χ4n) is 1.50. The second-order valence-electron chi connectivity index (χ2n) is 3.92. The van der Waals surface area contributed by atoms with Crippen molar-refractivity contribution in [2.45, 2.75) is 17.6 Å². The molecule has 0 aliphatic heterocycles. The van der Waals surface area contributed by atoms with Gasteiger partial charge in [0.25, 0.3) is 0 Å². The van der Waals surface area contributed by atoms with Crippen molar-refractivity contribution in [2.24, 2.45) is 0 Å². The average Bonchev–Trinajstić information content (AvgIpc) is 2.73. The fraction of sp³-hybridized carbons (Fsp3) is 0.182. The average molecular weight is 300 g/mol. The third-order valence-corrected chi connectivity index (χ3v) is 4.01. The molecule has 20 heavy (non-hydrogen) atoms. The number of benzene rings is 1. The lowest BCUT2D eigenvalue weighted by Crippen LogP contribution is -2.08. The summed E-state index contributed by atoms with van der Waals surface area (Å²) in [6.45, 7) is 1.50. The third kappa shape index (κ3) is 2.82. The number of rotatable bonds is 4. The Kier molecular flexibility index (Phi) is 3.53. The highest BCUT2D eigenvalue weighted by Crippen LogP contribution is 2.19. The van der Waals surface area contributed by atoms with E-state index >= 15 is 0 Å². The van der Waals surface area contributed by atoms with Gasteiger partial charge >= 0.3 is 5.97 Å². The molecule has 9 heteroatoms. The molecule has 0 fully saturated rings. The topological polar surface area (TPSA) is 110 Å². The zero-order valence-corrected chi connectivity index (χ0v) is 11.0. The summed E-state index contributed by atoms with van der Waals surface area (Å²) in [7, 11) is -3.90. The molecule has 0 aliphatic rings. The minimum Gasteiger partial charge on any atom is -0.478 e. The second kappa shape index (κ2) is 5.00. The quantitative estimate of drug-likeness (QED) is 0.844. The summed E-state index contributed by atoms with van der Waals surface area (Å²) in [4.78, 5) is 10.5. The molecule has 1 aromatic heterocycles. The van der Waals surface area contributed by atoms with Crippen LogP contribution in [0.15, 0.2) is 27.5 Å². The van der Waals surface area contributed by atoms with E-state index in [1.165, 1.54) is 6.92 Å². The Morgan fingerprint density at radius 3 is 2.65 bits per heavy atom. The van der Waals surface area contributed by atoms with Crippen LogP contribution in [0.2, 0.25) is 0 Å². The number of carboxylic acid groups (broad SMARTS) is 1. The lowest BCUT2D eigenvalue weighted by atomic mass is 10.2. The predicted octanol–water partition coefficient (Wildman–Crippen LogP) is 1.19. The van der Waals surface area contributed by atoms with Crippen molar-refractivity contribution in [3.05, 3.63) is 41.4 Å². The van der Waals surface area contributed by atoms with Gasteiger partial charge in [0.15, 0.2) is 9.84 Å². The highest BCUT2D eigenvalue weighted by atomic mass is 32.2. The Balaban J connectivity index is 2.39. The number of aromatic nitrogens is 2. The number of carbonyl (C=O) groups is 1. The lowest BCUT2D eigenvalue weighted by Gasteiger charge is -2.04. The molecule has 2 aromatic rings. The molecule has 0 aliphatic carbocycles. The first-order chi connectivity index (χ1) is 9.29. The summed E-state index contributed by atoms with van der Waals surface area (Å²) in [5.41, 5.74) is -0.715. The van der Waals surface area contributed by atoms with Crippen LogP contribution in [-0.4, -0.2) is 29.7 Å². The van der Waals surface area contributed by atoms with E-state index < -0.39 is 32.9 Å². The molecule has 0 atom stereocenters. The van der Waals surface area contributed by atoms with Crippen molar-refractivity contribution in [3.8, 4) is 0 Å². The van der Waals surface area contributed by atoms with Gasteiger partial charge in [0.05, 0.1) is 10.5 Å². The van der Waals surface area contributed by atoms with Gasteiger partial charge in [-0.05, 0) is 18.2 Å². The fourth-order valence-corrected chi connectivity index (χ4v) is 2.68. The number of aryl methyl sites for hydroxylation is 1. The molecule has 0 saturated heterocycles. The van der Waals surface area contributed by atoms with Gasteiger partial charge in [0, 0.05) is 6.92 Å². The summed E-state index contributed by atoms with van der Waals surface area (Å²) in [5.74, 6) is -3.05. The molecule has 0 radical (unpaired) electrons. The van der Waals surface area contributed by atoms with Crippen LogP contribution in [0, 0.1) is 12.7 Å². The first-order valence-electron chi connectivity index (χ1n) is 5.34. The van der Waals surface area contributed by atoms with Crippen LogP contribution in [0.1, 0.15) is 22.1 Å². The maximum atomic E-state index is 13.2. The van der Waals surface area contributed by atoms with Gasteiger partial charge in [-0.25, -0.2) is 17.6 Å². The number of hydrogen-bond donors (Lipinski definition) is 1. The normalized spacial score (nSPS) is 11.5. The zero-order chi connectivity index (χ0) is 14.9. The maximum absolute atomic E-state index is 13.2. The summed E-state index contributed by atoms with van der Waals surface area (Å²) >= 11 is 0. The SMILES string of the molecule is Cc1nnc(CS(=O)(=O)c2ccc(F)c(C(=O)O)c2)o1. The Hall–Kier alpha value is -2.29. The molecule has 0 amide bonds. The van der Waals surface area contributed by atoms with Crippen LogP contribution in [0.3, 0.4) is 0 Å². The molecule has 0 bridgehead atoms. The van der Waals surface area contributed by atoms with Gasteiger partial charge in [-0.15, -0.1) is 10.2 Å². The Morgan fingerprint density at radius 2 is 2.10 bits per heavy atom. The van der Waals surface area contributed by atoms with E-state index in [2.05, 4.69) is 10.2 Å². The van der Waals surface area contributed by atoms with Gasteiger partial charge in [-0.3, -0.25) is 0 Å². The summed E-state index contributed by atoms with van der Waals surface area (Å²) < 4.78 is 42.3. The van der Waals surface area contributed by atoms with Gasteiger partial charge in [-0.1, -0.05) is 0 Å². The molecular weight excluding hydrogens is 291 g/mol. The minimum atomic E-state index is -3.90. The van der Waals surface area contributed by atoms with Crippen LogP contribution in [0.4, 0.5) is 4.39 Å². The number of hydrogen-bond acceptors (Lipinski definition) is 6. The number of halogens is 1. The van der Waals surface area contributed by atoms with Crippen molar-refractivity contribution < 1.29 is 27.1 Å². The molecule has 7 nitrogen and oxygen atoms in total. The van der Waals surface area contributed by atoms with E-state index in [-0.39, 0.29) is 16.7 Å². The second-order valence-corrected chi connectivity index (χ2v) is 5.91. The Morgan fingerprint density at radius 1 is 1.40 bits per heavy atom. The van der Waals surface area contributed by atoms with Gasteiger partial charge in [-0.2, -0.15) is 0 Å². The zero-order valence-electron chi connectivity index (χ0n) is 10.2. The maximum Gasteiger partial charge on any atom is 0.338 e. The van der Waals surface area contributed by atoms with Crippen molar-refractivity contribution in [2.75, 3.05) is 0 Å². The molecule has 1 N–H and O–H groups in total. The molecule has 2 rings (SSSR count). The smallest absolute Gasteiger partial charge is 0.338 e.